The molecule has 3 unspecified atom stereocenters. The molecule has 0 aliphatic heterocycles. The first-order chi connectivity index (χ1) is 9.46. The van der Waals surface area contributed by atoms with Crippen LogP contribution in [0.5, 0.6) is 0 Å². The minimum atomic E-state index is -1.05. The third-order valence-electron chi connectivity index (χ3n) is 3.15. The Balaban J connectivity index is 4.60. The smallest absolute Gasteiger partial charge is 0.326 e. The lowest BCUT2D eigenvalue weighted by Gasteiger charge is -2.21. The Bertz CT molecular complexity index is 325. The van der Waals surface area contributed by atoms with E-state index in [1.807, 2.05) is 20.1 Å². The molecule has 0 rings (SSSR count). The van der Waals surface area contributed by atoms with Crippen LogP contribution in [0.15, 0.2) is 0 Å². The fourth-order valence-corrected chi connectivity index (χ4v) is 2.14. The van der Waals surface area contributed by atoms with Crippen LogP contribution in [0.2, 0.25) is 0 Å². The maximum Gasteiger partial charge on any atom is 0.326 e. The van der Waals surface area contributed by atoms with Gasteiger partial charge in [-0.05, 0) is 30.8 Å². The maximum atomic E-state index is 12.0. The van der Waals surface area contributed by atoms with Crippen molar-refractivity contribution < 1.29 is 19.5 Å². The molecule has 0 heterocycles. The second-order valence-corrected chi connectivity index (χ2v) is 5.75. The maximum absolute atomic E-state index is 12.0. The molecule has 0 aromatic heterocycles. The number of carboxylic acid groups (broad SMARTS) is 1. The highest BCUT2D eigenvalue weighted by atomic mass is 32.2. The molecule has 0 radical (unpaired) electrons. The lowest BCUT2D eigenvalue weighted by molar-refractivity contribution is -0.142. The van der Waals surface area contributed by atoms with E-state index in [9.17, 15) is 14.4 Å². The highest BCUT2D eigenvalue weighted by molar-refractivity contribution is 7.98. The van der Waals surface area contributed by atoms with Crippen molar-refractivity contribution >= 4 is 30.0 Å². The third-order valence-corrected chi connectivity index (χ3v) is 3.79. The Morgan fingerprint density at radius 3 is 2.45 bits per heavy atom. The van der Waals surface area contributed by atoms with Crippen LogP contribution in [0, 0.1) is 5.92 Å². The van der Waals surface area contributed by atoms with Gasteiger partial charge in [-0.25, -0.2) is 4.79 Å². The average molecular weight is 304 g/mol. The first-order valence-corrected chi connectivity index (χ1v) is 8.07. The molecule has 0 saturated carbocycles. The van der Waals surface area contributed by atoms with E-state index in [4.69, 9.17) is 5.11 Å². The standard InChI is InChI=1S/C13H24N2O4S/c1-4-9(2)7-11(13(18)19)15-12(17)10(14-8-16)5-6-20-3/h8-11H,4-7H2,1-3H3,(H,14,16)(H,15,17)(H,18,19). The molecule has 0 bridgehead atoms. The zero-order valence-electron chi connectivity index (χ0n) is 12.2. The number of carbonyl (C=O) groups excluding carboxylic acids is 2. The molecule has 20 heavy (non-hydrogen) atoms. The molecule has 116 valence electrons. The number of nitrogens with one attached hydrogen (secondary N) is 2. The second-order valence-electron chi connectivity index (χ2n) is 4.77. The molecule has 0 aliphatic rings. The van der Waals surface area contributed by atoms with Gasteiger partial charge in [-0.2, -0.15) is 11.8 Å². The monoisotopic (exact) mass is 304 g/mol. The van der Waals surface area contributed by atoms with Gasteiger partial charge in [-0.1, -0.05) is 20.3 Å². The zero-order chi connectivity index (χ0) is 15.5. The van der Waals surface area contributed by atoms with Gasteiger partial charge in [0.15, 0.2) is 0 Å². The summed E-state index contributed by atoms with van der Waals surface area (Å²) in [5.74, 6) is -0.572. The number of hydrogen-bond donors (Lipinski definition) is 3. The first-order valence-electron chi connectivity index (χ1n) is 6.68. The van der Waals surface area contributed by atoms with E-state index >= 15 is 0 Å². The first kappa shape index (κ1) is 18.8. The van der Waals surface area contributed by atoms with Gasteiger partial charge in [0.25, 0.3) is 0 Å². The lowest BCUT2D eigenvalue weighted by atomic mass is 9.99. The van der Waals surface area contributed by atoms with E-state index in [0.717, 1.165) is 6.42 Å². The Labute approximate surface area is 124 Å². The number of amides is 2. The van der Waals surface area contributed by atoms with Crippen molar-refractivity contribution in [2.45, 2.75) is 45.2 Å². The minimum Gasteiger partial charge on any atom is -0.480 e. The van der Waals surface area contributed by atoms with Crippen LogP contribution < -0.4 is 10.6 Å². The summed E-state index contributed by atoms with van der Waals surface area (Å²) < 4.78 is 0. The lowest BCUT2D eigenvalue weighted by Crippen LogP contribution is -2.50. The van der Waals surface area contributed by atoms with Gasteiger partial charge in [0, 0.05) is 0 Å². The molecule has 2 amide bonds. The largest absolute Gasteiger partial charge is 0.480 e. The molecule has 0 spiro atoms. The number of rotatable bonds is 11. The molecule has 3 atom stereocenters. The highest BCUT2D eigenvalue weighted by Gasteiger charge is 2.25. The Hall–Kier alpha value is -1.24. The zero-order valence-corrected chi connectivity index (χ0v) is 13.0. The van der Waals surface area contributed by atoms with Crippen LogP contribution in [0.25, 0.3) is 0 Å². The van der Waals surface area contributed by atoms with Crippen LogP contribution in [0.4, 0.5) is 0 Å². The Kier molecular flexibility index (Phi) is 9.88. The van der Waals surface area contributed by atoms with Crippen LogP contribution in [-0.4, -0.2) is 47.5 Å². The van der Waals surface area contributed by atoms with E-state index in [2.05, 4.69) is 10.6 Å². The van der Waals surface area contributed by atoms with Gasteiger partial charge in [-0.3, -0.25) is 9.59 Å². The van der Waals surface area contributed by atoms with Crippen molar-refractivity contribution in [3.63, 3.8) is 0 Å². The average Bonchev–Trinajstić information content (AvgIpc) is 2.42. The summed E-state index contributed by atoms with van der Waals surface area (Å²) >= 11 is 1.56. The molecular formula is C13H24N2O4S. The second kappa shape index (κ2) is 10.5. The van der Waals surface area contributed by atoms with Crippen LogP contribution >= 0.6 is 11.8 Å². The number of thioether (sulfide) groups is 1. The van der Waals surface area contributed by atoms with Crippen molar-refractivity contribution in [3.05, 3.63) is 0 Å². The molecule has 6 nitrogen and oxygen atoms in total. The summed E-state index contributed by atoms with van der Waals surface area (Å²) in [6.45, 7) is 3.91. The van der Waals surface area contributed by atoms with E-state index < -0.39 is 24.0 Å². The van der Waals surface area contributed by atoms with Crippen molar-refractivity contribution in [3.8, 4) is 0 Å². The summed E-state index contributed by atoms with van der Waals surface area (Å²) in [5, 5.41) is 14.1. The molecular weight excluding hydrogens is 280 g/mol. The number of aliphatic carboxylic acids is 1. The topological polar surface area (TPSA) is 95.5 Å². The van der Waals surface area contributed by atoms with Crippen LogP contribution in [-0.2, 0) is 14.4 Å². The fraction of sp³-hybridized carbons (Fsp3) is 0.769. The quantitative estimate of drug-likeness (QED) is 0.492. The predicted octanol–water partition coefficient (Wildman–Crippen LogP) is 0.860. The van der Waals surface area contributed by atoms with E-state index in [1.165, 1.54) is 0 Å². The normalized spacial score (nSPS) is 14.9. The molecule has 0 aromatic rings. The molecule has 7 heteroatoms. The van der Waals surface area contributed by atoms with E-state index in [0.29, 0.717) is 25.0 Å². The van der Waals surface area contributed by atoms with Crippen LogP contribution in [0.1, 0.15) is 33.1 Å². The Morgan fingerprint density at radius 2 is 2.00 bits per heavy atom. The Morgan fingerprint density at radius 1 is 1.35 bits per heavy atom. The van der Waals surface area contributed by atoms with Crippen LogP contribution in [0.3, 0.4) is 0 Å². The predicted molar refractivity (Wildman–Crippen MR) is 79.6 cm³/mol. The number of carboxylic acids is 1. The van der Waals surface area contributed by atoms with Gasteiger partial charge in [-0.15, -0.1) is 0 Å². The summed E-state index contributed by atoms with van der Waals surface area (Å²) in [7, 11) is 0. The number of carbonyl (C=O) groups is 3. The minimum absolute atomic E-state index is 0.208. The summed E-state index contributed by atoms with van der Waals surface area (Å²) in [4.78, 5) is 33.7. The summed E-state index contributed by atoms with van der Waals surface area (Å²) in [5.41, 5.74) is 0. The molecule has 0 aromatic carbocycles. The molecule has 3 N–H and O–H groups in total. The van der Waals surface area contributed by atoms with Gasteiger partial charge in [0.05, 0.1) is 0 Å². The van der Waals surface area contributed by atoms with Gasteiger partial charge in [0.1, 0.15) is 12.1 Å². The summed E-state index contributed by atoms with van der Waals surface area (Å²) in [6.07, 6.45) is 4.07. The third kappa shape index (κ3) is 7.37. The van der Waals surface area contributed by atoms with Gasteiger partial charge >= 0.3 is 5.97 Å². The SMILES string of the molecule is CCC(C)CC(NC(=O)C(CCSC)NC=O)C(=O)O. The van der Waals surface area contributed by atoms with E-state index in [1.54, 1.807) is 11.8 Å². The molecule has 0 fully saturated rings. The molecule has 0 aliphatic carbocycles. The summed E-state index contributed by atoms with van der Waals surface area (Å²) in [6, 6.07) is -1.60. The fourth-order valence-electron chi connectivity index (χ4n) is 1.67. The van der Waals surface area contributed by atoms with Crippen molar-refractivity contribution in [1.82, 2.24) is 10.6 Å². The van der Waals surface area contributed by atoms with E-state index in [-0.39, 0.29) is 5.92 Å². The molecule has 0 saturated heterocycles. The highest BCUT2D eigenvalue weighted by Crippen LogP contribution is 2.10. The van der Waals surface area contributed by atoms with Gasteiger partial charge < -0.3 is 15.7 Å². The van der Waals surface area contributed by atoms with Crippen molar-refractivity contribution in [2.75, 3.05) is 12.0 Å². The number of hydrogen-bond acceptors (Lipinski definition) is 4. The van der Waals surface area contributed by atoms with Gasteiger partial charge in [0.2, 0.25) is 12.3 Å². The van der Waals surface area contributed by atoms with Crippen molar-refractivity contribution in [1.29, 1.82) is 0 Å². The van der Waals surface area contributed by atoms with Crippen molar-refractivity contribution in [2.24, 2.45) is 5.92 Å².